The van der Waals surface area contributed by atoms with Crippen molar-refractivity contribution in [1.82, 2.24) is 19.8 Å². The number of hydrogen-bond acceptors (Lipinski definition) is 4. The molecule has 2 aliphatic heterocycles. The first-order valence-electron chi connectivity index (χ1n) is 9.82. The number of piperidine rings is 2. The van der Waals surface area contributed by atoms with Crippen molar-refractivity contribution in [3.8, 4) is 0 Å². The van der Waals surface area contributed by atoms with E-state index < -0.39 is 15.5 Å². The Morgan fingerprint density at radius 1 is 1.21 bits per heavy atom. The van der Waals surface area contributed by atoms with Crippen molar-refractivity contribution < 1.29 is 21.6 Å². The van der Waals surface area contributed by atoms with Crippen molar-refractivity contribution in [2.45, 2.75) is 57.1 Å². The zero-order valence-corrected chi connectivity index (χ0v) is 20.4. The molecule has 29 heavy (non-hydrogen) atoms. The second-order valence-electron chi connectivity index (χ2n) is 7.81. The highest BCUT2D eigenvalue weighted by atomic mass is 127. The minimum Gasteiger partial charge on any atom is -0.355 e. The topological polar surface area (TPSA) is 77.0 Å². The van der Waals surface area contributed by atoms with Gasteiger partial charge in [-0.05, 0) is 45.1 Å². The molecule has 0 aromatic rings. The minimum atomic E-state index is -5.24. The third-order valence-corrected chi connectivity index (χ3v) is 7.16. The van der Waals surface area contributed by atoms with E-state index in [-0.39, 0.29) is 43.1 Å². The molecule has 2 fully saturated rings. The van der Waals surface area contributed by atoms with Gasteiger partial charge in [0.15, 0.2) is 5.96 Å². The number of likely N-dealkylation sites (tertiary alicyclic amines) is 1. The van der Waals surface area contributed by atoms with E-state index in [1.165, 1.54) is 12.8 Å². The Hall–Kier alpha value is -0.340. The van der Waals surface area contributed by atoms with Gasteiger partial charge in [-0.15, -0.1) is 24.0 Å². The third-order valence-electron chi connectivity index (χ3n) is 5.53. The van der Waals surface area contributed by atoms with Crippen molar-refractivity contribution in [3.05, 3.63) is 0 Å². The number of hydrogen-bond donors (Lipinski definition) is 2. The molecule has 0 saturated carbocycles. The maximum Gasteiger partial charge on any atom is 0.511 e. The van der Waals surface area contributed by atoms with E-state index in [4.69, 9.17) is 0 Å². The van der Waals surface area contributed by atoms with Gasteiger partial charge in [0, 0.05) is 45.3 Å². The van der Waals surface area contributed by atoms with Crippen LogP contribution in [-0.2, 0) is 10.0 Å². The fourth-order valence-corrected chi connectivity index (χ4v) is 4.76. The summed E-state index contributed by atoms with van der Waals surface area (Å²) in [5, 5.41) is 6.48. The van der Waals surface area contributed by atoms with Gasteiger partial charge in [0.05, 0.1) is 0 Å². The Morgan fingerprint density at radius 3 is 2.34 bits per heavy atom. The first-order chi connectivity index (χ1) is 13.0. The first kappa shape index (κ1) is 26.7. The quantitative estimate of drug-likeness (QED) is 0.309. The summed E-state index contributed by atoms with van der Waals surface area (Å²) in [5.41, 5.74) is -5.24. The molecule has 2 heterocycles. The monoisotopic (exact) mass is 555 g/mol. The average Bonchev–Trinajstić information content (AvgIpc) is 2.64. The number of nitrogens with one attached hydrogen (secondary N) is 2. The fourth-order valence-electron chi connectivity index (χ4n) is 3.77. The number of halogens is 4. The Labute approximate surface area is 188 Å². The molecule has 0 bridgehead atoms. The van der Waals surface area contributed by atoms with Gasteiger partial charge < -0.3 is 10.6 Å². The van der Waals surface area contributed by atoms with Crippen LogP contribution in [0.2, 0.25) is 0 Å². The standard InChI is InChI=1S/C17H32F3N5O2S.HI/c1-13-5-4-8-24(12-13)14(2)11-22-16(21-3)23-15-6-9-25(10-7-15)28(26,27)17(18,19)20;/h13-15H,4-12H2,1-3H3,(H2,21,22,23);1H. The minimum absolute atomic E-state index is 0. The zero-order valence-electron chi connectivity index (χ0n) is 17.2. The van der Waals surface area contributed by atoms with Crippen LogP contribution >= 0.6 is 24.0 Å². The van der Waals surface area contributed by atoms with E-state index in [1.54, 1.807) is 7.05 Å². The number of rotatable bonds is 5. The number of alkyl halides is 3. The van der Waals surface area contributed by atoms with Crippen LogP contribution in [0.5, 0.6) is 0 Å². The molecular weight excluding hydrogens is 522 g/mol. The lowest BCUT2D eigenvalue weighted by Crippen LogP contribution is -2.53. The van der Waals surface area contributed by atoms with Crippen LogP contribution in [0.3, 0.4) is 0 Å². The predicted octanol–water partition coefficient (Wildman–Crippen LogP) is 2.20. The number of sulfonamides is 1. The van der Waals surface area contributed by atoms with Gasteiger partial charge in [0.2, 0.25) is 0 Å². The van der Waals surface area contributed by atoms with Gasteiger partial charge in [-0.25, -0.2) is 8.42 Å². The Bertz CT molecular complexity index is 639. The maximum atomic E-state index is 12.7. The molecule has 7 nitrogen and oxygen atoms in total. The molecule has 0 aromatic carbocycles. The summed E-state index contributed by atoms with van der Waals surface area (Å²) in [4.78, 5) is 6.64. The van der Waals surface area contributed by atoms with Crippen LogP contribution in [0.4, 0.5) is 13.2 Å². The molecule has 2 rings (SSSR count). The normalized spacial score (nSPS) is 24.6. The second-order valence-corrected chi connectivity index (χ2v) is 9.74. The Balaban J connectivity index is 0.00000420. The largest absolute Gasteiger partial charge is 0.511 e. The summed E-state index contributed by atoms with van der Waals surface area (Å²) in [6.07, 6.45) is 3.07. The molecule has 0 radical (unpaired) electrons. The van der Waals surface area contributed by atoms with Crippen molar-refractivity contribution in [2.24, 2.45) is 10.9 Å². The van der Waals surface area contributed by atoms with Crippen molar-refractivity contribution in [1.29, 1.82) is 0 Å². The fraction of sp³-hybridized carbons (Fsp3) is 0.941. The lowest BCUT2D eigenvalue weighted by atomic mass is 9.99. The van der Waals surface area contributed by atoms with E-state index in [1.807, 2.05) is 0 Å². The highest BCUT2D eigenvalue weighted by Crippen LogP contribution is 2.28. The summed E-state index contributed by atoms with van der Waals surface area (Å²) in [6.45, 7) is 7.01. The smallest absolute Gasteiger partial charge is 0.355 e. The molecular formula is C17H33F3IN5O2S. The van der Waals surface area contributed by atoms with Gasteiger partial charge in [0.25, 0.3) is 0 Å². The van der Waals surface area contributed by atoms with Gasteiger partial charge in [-0.1, -0.05) is 6.92 Å². The van der Waals surface area contributed by atoms with Crippen LogP contribution in [0.1, 0.15) is 39.5 Å². The lowest BCUT2D eigenvalue weighted by Gasteiger charge is -2.36. The molecule has 0 spiro atoms. The third kappa shape index (κ3) is 7.39. The molecule has 2 aliphatic rings. The van der Waals surface area contributed by atoms with E-state index in [9.17, 15) is 21.6 Å². The molecule has 2 N–H and O–H groups in total. The summed E-state index contributed by atoms with van der Waals surface area (Å²) in [6, 6.07) is 0.233. The van der Waals surface area contributed by atoms with Gasteiger partial charge in [-0.2, -0.15) is 17.5 Å². The van der Waals surface area contributed by atoms with Crippen molar-refractivity contribution in [2.75, 3.05) is 39.8 Å². The molecule has 2 saturated heterocycles. The molecule has 2 unspecified atom stereocenters. The highest BCUT2D eigenvalue weighted by molar-refractivity contribution is 14.0. The van der Waals surface area contributed by atoms with Crippen LogP contribution in [0.15, 0.2) is 4.99 Å². The summed E-state index contributed by atoms with van der Waals surface area (Å²) >= 11 is 0. The number of guanidine groups is 1. The van der Waals surface area contributed by atoms with Crippen LogP contribution < -0.4 is 10.6 Å². The lowest BCUT2D eigenvalue weighted by molar-refractivity contribution is -0.0494. The summed E-state index contributed by atoms with van der Waals surface area (Å²) < 4.78 is 61.4. The highest BCUT2D eigenvalue weighted by Gasteiger charge is 2.50. The SMILES string of the molecule is CN=C(NCC(C)N1CCCC(C)C1)NC1CCN(S(=O)(=O)C(F)(F)F)CC1.I. The van der Waals surface area contributed by atoms with E-state index >= 15 is 0 Å². The van der Waals surface area contributed by atoms with E-state index in [0.717, 1.165) is 13.1 Å². The molecule has 12 heteroatoms. The van der Waals surface area contributed by atoms with E-state index in [0.29, 0.717) is 41.6 Å². The number of aliphatic imine (C=N–C) groups is 1. The van der Waals surface area contributed by atoms with Gasteiger partial charge in [-0.3, -0.25) is 9.89 Å². The zero-order chi connectivity index (χ0) is 20.9. The van der Waals surface area contributed by atoms with Crippen LogP contribution in [-0.4, -0.2) is 80.9 Å². The van der Waals surface area contributed by atoms with E-state index in [2.05, 4.69) is 34.4 Å². The number of nitrogens with zero attached hydrogens (tertiary/aromatic N) is 3. The first-order valence-corrected chi connectivity index (χ1v) is 11.3. The second kappa shape index (κ2) is 11.3. The van der Waals surface area contributed by atoms with Crippen LogP contribution in [0.25, 0.3) is 0 Å². The Kier molecular flexibility index (Phi) is 10.4. The molecule has 2 atom stereocenters. The molecule has 0 amide bonds. The molecule has 0 aromatic heterocycles. The average molecular weight is 555 g/mol. The van der Waals surface area contributed by atoms with Crippen molar-refractivity contribution >= 4 is 40.0 Å². The van der Waals surface area contributed by atoms with Gasteiger partial charge in [0.1, 0.15) is 0 Å². The van der Waals surface area contributed by atoms with Crippen LogP contribution in [0, 0.1) is 5.92 Å². The molecule has 172 valence electrons. The van der Waals surface area contributed by atoms with Gasteiger partial charge >= 0.3 is 15.5 Å². The summed E-state index contributed by atoms with van der Waals surface area (Å²) in [5.74, 6) is 1.29. The van der Waals surface area contributed by atoms with Crippen molar-refractivity contribution in [3.63, 3.8) is 0 Å². The maximum absolute atomic E-state index is 12.7. The predicted molar refractivity (Wildman–Crippen MR) is 119 cm³/mol. The Morgan fingerprint density at radius 2 is 1.83 bits per heavy atom. The molecule has 0 aliphatic carbocycles. The summed E-state index contributed by atoms with van der Waals surface area (Å²) in [7, 11) is -3.60.